The molecule has 0 unspecified atom stereocenters. The molecule has 0 spiro atoms. The van der Waals surface area contributed by atoms with Crippen LogP contribution in [0.5, 0.6) is 0 Å². The van der Waals surface area contributed by atoms with Crippen LogP contribution in [0.1, 0.15) is 12.0 Å². The fourth-order valence-electron chi connectivity index (χ4n) is 1.82. The Bertz CT molecular complexity index is 464. The second-order valence-electron chi connectivity index (χ2n) is 4.37. The highest BCUT2D eigenvalue weighted by Gasteiger charge is 2.30. The van der Waals surface area contributed by atoms with Gasteiger partial charge in [-0.15, -0.1) is 0 Å². The number of halogens is 1. The molecule has 19 heavy (non-hydrogen) atoms. The lowest BCUT2D eigenvalue weighted by Gasteiger charge is -2.16. The van der Waals surface area contributed by atoms with Gasteiger partial charge in [-0.3, -0.25) is 4.79 Å². The molecule has 0 fully saturated rings. The summed E-state index contributed by atoms with van der Waals surface area (Å²) in [6.07, 6.45) is 0.935. The zero-order valence-corrected chi connectivity index (χ0v) is 12.0. The predicted octanol–water partition coefficient (Wildman–Crippen LogP) is 1.17. The van der Waals surface area contributed by atoms with Crippen LogP contribution in [0.3, 0.4) is 0 Å². The van der Waals surface area contributed by atoms with Gasteiger partial charge in [0.2, 0.25) is 5.91 Å². The molecule has 1 aromatic carbocycles. The smallest absolute Gasteiger partial charge is 0.240 e. The lowest BCUT2D eigenvalue weighted by atomic mass is 10.1. The van der Waals surface area contributed by atoms with Gasteiger partial charge in [0.1, 0.15) is 10.7 Å². The number of hydrogen-bond acceptors (Lipinski definition) is 4. The van der Waals surface area contributed by atoms with Gasteiger partial charge in [0.25, 0.3) is 0 Å². The van der Waals surface area contributed by atoms with Crippen LogP contribution in [0.2, 0.25) is 0 Å². The molecule has 0 saturated carbocycles. The maximum atomic E-state index is 11.8. The molecule has 0 bridgehead atoms. The van der Waals surface area contributed by atoms with Crippen molar-refractivity contribution < 1.29 is 9.63 Å². The molecule has 3 N–H and O–H groups in total. The van der Waals surface area contributed by atoms with Crippen LogP contribution in [0, 0.1) is 0 Å². The Hall–Kier alpha value is -1.40. The van der Waals surface area contributed by atoms with Crippen LogP contribution in [-0.2, 0) is 16.1 Å². The van der Waals surface area contributed by atoms with Crippen LogP contribution in [0.15, 0.2) is 35.5 Å². The first-order valence-electron chi connectivity index (χ1n) is 6.12. The van der Waals surface area contributed by atoms with E-state index in [-0.39, 0.29) is 12.0 Å². The number of nitrogens with zero attached hydrogens (tertiary/aromatic N) is 1. The van der Waals surface area contributed by atoms with Gasteiger partial charge in [0.15, 0.2) is 6.10 Å². The van der Waals surface area contributed by atoms with Gasteiger partial charge in [-0.25, -0.2) is 0 Å². The van der Waals surface area contributed by atoms with Gasteiger partial charge in [-0.2, -0.15) is 0 Å². The van der Waals surface area contributed by atoms with E-state index in [1.807, 2.05) is 30.3 Å². The number of oxime groups is 1. The summed E-state index contributed by atoms with van der Waals surface area (Å²) in [6.45, 7) is 0.561. The van der Waals surface area contributed by atoms with E-state index in [9.17, 15) is 4.79 Å². The van der Waals surface area contributed by atoms with E-state index >= 15 is 0 Å². The van der Waals surface area contributed by atoms with Crippen molar-refractivity contribution in [2.24, 2.45) is 10.9 Å². The van der Waals surface area contributed by atoms with E-state index in [1.54, 1.807) is 0 Å². The van der Waals surface area contributed by atoms with E-state index in [0.717, 1.165) is 6.42 Å². The molecule has 102 valence electrons. The number of nitrogens with one attached hydrogen (secondary N) is 1. The highest BCUT2D eigenvalue weighted by atomic mass is 79.9. The van der Waals surface area contributed by atoms with Gasteiger partial charge >= 0.3 is 0 Å². The molecular weight excluding hydrogens is 310 g/mol. The van der Waals surface area contributed by atoms with Crippen LogP contribution < -0.4 is 11.1 Å². The minimum Gasteiger partial charge on any atom is -0.389 e. The first kappa shape index (κ1) is 14.0. The second kappa shape index (κ2) is 6.68. The molecular formula is C13H16BrN3O2. The maximum Gasteiger partial charge on any atom is 0.240 e. The van der Waals surface area contributed by atoms with Gasteiger partial charge in [-0.1, -0.05) is 35.5 Å². The number of rotatable bonds is 5. The van der Waals surface area contributed by atoms with E-state index in [4.69, 9.17) is 10.6 Å². The summed E-state index contributed by atoms with van der Waals surface area (Å²) in [5, 5.41) is 6.53. The van der Waals surface area contributed by atoms with Crippen LogP contribution in [0.4, 0.5) is 0 Å². The third-order valence-electron chi connectivity index (χ3n) is 2.92. The molecule has 6 heteroatoms. The molecule has 2 atom stereocenters. The topological polar surface area (TPSA) is 76.7 Å². The fraction of sp³-hybridized carbons (Fsp3) is 0.385. The number of carbonyl (C=O) groups is 1. The summed E-state index contributed by atoms with van der Waals surface area (Å²) < 4.78 is 0.685. The molecule has 0 aliphatic carbocycles. The number of amides is 1. The molecule has 0 saturated heterocycles. The Balaban J connectivity index is 1.72. The van der Waals surface area contributed by atoms with Crippen molar-refractivity contribution in [2.75, 3.05) is 6.54 Å². The fourth-order valence-corrected chi connectivity index (χ4v) is 2.22. The Morgan fingerprint density at radius 3 is 2.89 bits per heavy atom. The first-order chi connectivity index (χ1) is 9.16. The quantitative estimate of drug-likeness (QED) is 0.853. The summed E-state index contributed by atoms with van der Waals surface area (Å²) in [6, 6.07) is 9.27. The average Bonchev–Trinajstić information content (AvgIpc) is 2.85. The molecule has 5 nitrogen and oxygen atoms in total. The van der Waals surface area contributed by atoms with Crippen molar-refractivity contribution in [2.45, 2.75) is 25.0 Å². The molecule has 1 amide bonds. The number of carbonyl (C=O) groups excluding carboxylic acids is 1. The predicted molar refractivity (Wildman–Crippen MR) is 77.0 cm³/mol. The standard InChI is InChI=1S/C13H16BrN3O2/c14-11-8-10(19-17-11)12(15)13(18)16-7-6-9-4-2-1-3-5-9/h1-5,10,12H,6-8,15H2,(H,16,18)/t10-,12-/m0/s1. The summed E-state index contributed by atoms with van der Waals surface area (Å²) in [5.74, 6) is -0.210. The van der Waals surface area contributed by atoms with Gasteiger partial charge in [-0.05, 0) is 27.9 Å². The molecule has 1 heterocycles. The zero-order valence-electron chi connectivity index (χ0n) is 10.4. The Morgan fingerprint density at radius 1 is 1.53 bits per heavy atom. The van der Waals surface area contributed by atoms with E-state index < -0.39 is 6.04 Å². The van der Waals surface area contributed by atoms with Crippen molar-refractivity contribution in [3.63, 3.8) is 0 Å². The third kappa shape index (κ3) is 4.04. The van der Waals surface area contributed by atoms with Crippen LogP contribution in [0.25, 0.3) is 0 Å². The van der Waals surface area contributed by atoms with Crippen molar-refractivity contribution in [1.29, 1.82) is 0 Å². The third-order valence-corrected chi connectivity index (χ3v) is 3.38. The largest absolute Gasteiger partial charge is 0.389 e. The minimum absolute atomic E-state index is 0.210. The summed E-state index contributed by atoms with van der Waals surface area (Å²) >= 11 is 3.22. The van der Waals surface area contributed by atoms with E-state index in [1.165, 1.54) is 5.56 Å². The number of nitrogens with two attached hydrogens (primary N) is 1. The molecule has 1 aliphatic heterocycles. The maximum absolute atomic E-state index is 11.8. The molecule has 1 aromatic rings. The summed E-state index contributed by atoms with van der Waals surface area (Å²) in [7, 11) is 0. The first-order valence-corrected chi connectivity index (χ1v) is 6.91. The second-order valence-corrected chi connectivity index (χ2v) is 5.28. The van der Waals surface area contributed by atoms with Crippen molar-refractivity contribution in [3.8, 4) is 0 Å². The number of hydrogen-bond donors (Lipinski definition) is 2. The molecule has 0 radical (unpaired) electrons. The van der Waals surface area contributed by atoms with Crippen LogP contribution in [-0.4, -0.2) is 29.2 Å². The lowest BCUT2D eigenvalue weighted by molar-refractivity contribution is -0.125. The van der Waals surface area contributed by atoms with Crippen molar-refractivity contribution in [1.82, 2.24) is 5.32 Å². The highest BCUT2D eigenvalue weighted by Crippen LogP contribution is 2.16. The van der Waals surface area contributed by atoms with Gasteiger partial charge in [0, 0.05) is 13.0 Å². The summed E-state index contributed by atoms with van der Waals surface area (Å²) in [5.41, 5.74) is 7.01. The van der Waals surface area contributed by atoms with E-state index in [0.29, 0.717) is 17.6 Å². The van der Waals surface area contributed by atoms with Crippen LogP contribution >= 0.6 is 15.9 Å². The van der Waals surface area contributed by atoms with Crippen molar-refractivity contribution >= 4 is 26.5 Å². The van der Waals surface area contributed by atoms with Gasteiger partial charge in [0.05, 0.1) is 0 Å². The number of benzene rings is 1. The zero-order chi connectivity index (χ0) is 13.7. The minimum atomic E-state index is -0.699. The molecule has 1 aliphatic rings. The normalized spacial score (nSPS) is 19.5. The average molecular weight is 326 g/mol. The molecule has 2 rings (SSSR count). The Labute approximate surface area is 120 Å². The Morgan fingerprint density at radius 2 is 2.26 bits per heavy atom. The SMILES string of the molecule is N[C@H](C(=O)NCCc1ccccc1)[C@@H]1CC(Br)=NO1. The van der Waals surface area contributed by atoms with Gasteiger partial charge < -0.3 is 15.9 Å². The van der Waals surface area contributed by atoms with Crippen molar-refractivity contribution in [3.05, 3.63) is 35.9 Å². The summed E-state index contributed by atoms with van der Waals surface area (Å²) in [4.78, 5) is 16.9. The molecule has 0 aromatic heterocycles. The van der Waals surface area contributed by atoms with E-state index in [2.05, 4.69) is 26.4 Å². The highest BCUT2D eigenvalue weighted by molar-refractivity contribution is 9.18. The lowest BCUT2D eigenvalue weighted by Crippen LogP contribution is -2.48. The monoisotopic (exact) mass is 325 g/mol. The Kier molecular flexibility index (Phi) is 4.93.